The predicted octanol–water partition coefficient (Wildman–Crippen LogP) is 8.99. The van der Waals surface area contributed by atoms with Gasteiger partial charge in [-0.1, -0.05) is 114 Å². The van der Waals surface area contributed by atoms with Crippen molar-refractivity contribution in [3.63, 3.8) is 0 Å². The molecule has 0 saturated carbocycles. The molecule has 0 atom stereocenters. The highest BCUT2D eigenvalue weighted by Gasteiger charge is 2.42. The summed E-state index contributed by atoms with van der Waals surface area (Å²) in [5, 5.41) is 2.24. The zero-order valence-electron chi connectivity index (χ0n) is 17.4. The van der Waals surface area contributed by atoms with Crippen molar-refractivity contribution in [2.45, 2.75) is 76.5 Å². The highest BCUT2D eigenvalue weighted by atomic mass is 79.9. The number of halogens is 2. The molecule has 2 aromatic carbocycles. The molecule has 152 valence electrons. The fourth-order valence-corrected chi connectivity index (χ4v) is 5.68. The van der Waals surface area contributed by atoms with E-state index in [-0.39, 0.29) is 5.41 Å². The molecular formula is C26H34Br2. The van der Waals surface area contributed by atoms with E-state index in [1.165, 1.54) is 68.1 Å². The van der Waals surface area contributed by atoms with Crippen molar-refractivity contribution in [1.82, 2.24) is 0 Å². The number of hydrogen-bond donors (Lipinski definition) is 0. The number of alkyl halides is 2. The third-order valence-corrected chi connectivity index (χ3v) is 7.55. The van der Waals surface area contributed by atoms with Gasteiger partial charge in [0.05, 0.1) is 0 Å². The van der Waals surface area contributed by atoms with Gasteiger partial charge < -0.3 is 0 Å². The third kappa shape index (κ3) is 4.59. The molecule has 0 heterocycles. The first kappa shape index (κ1) is 22.1. The largest absolute Gasteiger partial charge is 0.0928 e. The SMILES string of the molecule is CC(C)c1ccc2c(c1)C(CCCCCBr)(CCCCCBr)c1ccccc1-2. The van der Waals surface area contributed by atoms with Gasteiger partial charge in [0.25, 0.3) is 0 Å². The van der Waals surface area contributed by atoms with Gasteiger partial charge in [-0.25, -0.2) is 0 Å². The van der Waals surface area contributed by atoms with Crippen molar-refractivity contribution in [3.05, 3.63) is 59.2 Å². The molecule has 0 aromatic heterocycles. The van der Waals surface area contributed by atoms with Gasteiger partial charge in [-0.2, -0.15) is 0 Å². The molecular weight excluding hydrogens is 472 g/mol. The quantitative estimate of drug-likeness (QED) is 0.211. The summed E-state index contributed by atoms with van der Waals surface area (Å²) in [6.45, 7) is 4.63. The van der Waals surface area contributed by atoms with Gasteiger partial charge in [-0.05, 0) is 59.4 Å². The number of unbranched alkanes of at least 4 members (excludes halogenated alkanes) is 4. The maximum absolute atomic E-state index is 3.61. The second-order valence-electron chi connectivity index (χ2n) is 8.59. The van der Waals surface area contributed by atoms with Crippen molar-refractivity contribution in [2.24, 2.45) is 0 Å². The number of fused-ring (bicyclic) bond motifs is 3. The van der Waals surface area contributed by atoms with Gasteiger partial charge in [0.2, 0.25) is 0 Å². The molecule has 1 aliphatic carbocycles. The zero-order valence-corrected chi connectivity index (χ0v) is 20.6. The van der Waals surface area contributed by atoms with E-state index in [1.807, 2.05) is 0 Å². The van der Waals surface area contributed by atoms with Crippen LogP contribution in [0, 0.1) is 0 Å². The van der Waals surface area contributed by atoms with Crippen molar-refractivity contribution >= 4 is 31.9 Å². The molecule has 0 aliphatic heterocycles. The Morgan fingerprint density at radius 2 is 1.32 bits per heavy atom. The minimum absolute atomic E-state index is 0.204. The van der Waals surface area contributed by atoms with Gasteiger partial charge in [-0.3, -0.25) is 0 Å². The van der Waals surface area contributed by atoms with Crippen molar-refractivity contribution in [3.8, 4) is 11.1 Å². The van der Waals surface area contributed by atoms with E-state index in [0.29, 0.717) is 5.92 Å². The fraction of sp³-hybridized carbons (Fsp3) is 0.538. The monoisotopic (exact) mass is 504 g/mol. The van der Waals surface area contributed by atoms with Gasteiger partial charge >= 0.3 is 0 Å². The van der Waals surface area contributed by atoms with Crippen molar-refractivity contribution < 1.29 is 0 Å². The lowest BCUT2D eigenvalue weighted by atomic mass is 9.70. The first-order valence-corrected chi connectivity index (χ1v) is 13.2. The molecule has 28 heavy (non-hydrogen) atoms. The molecule has 0 nitrogen and oxygen atoms in total. The summed E-state index contributed by atoms with van der Waals surface area (Å²) in [6, 6.07) is 16.5. The molecule has 0 amide bonds. The van der Waals surface area contributed by atoms with Crippen LogP contribution in [0.2, 0.25) is 0 Å². The fourth-order valence-electron chi connectivity index (χ4n) is 4.89. The van der Waals surface area contributed by atoms with E-state index >= 15 is 0 Å². The third-order valence-electron chi connectivity index (χ3n) is 6.43. The van der Waals surface area contributed by atoms with E-state index in [4.69, 9.17) is 0 Å². The van der Waals surface area contributed by atoms with Crippen LogP contribution in [0.15, 0.2) is 42.5 Å². The van der Waals surface area contributed by atoms with E-state index < -0.39 is 0 Å². The second kappa shape index (κ2) is 10.4. The molecule has 1 aliphatic rings. The summed E-state index contributed by atoms with van der Waals surface area (Å²) in [5.74, 6) is 0.577. The number of rotatable bonds is 11. The van der Waals surface area contributed by atoms with Gasteiger partial charge in [-0.15, -0.1) is 0 Å². The Bertz CT molecular complexity index is 751. The maximum atomic E-state index is 3.61. The van der Waals surface area contributed by atoms with Gasteiger partial charge in [0.1, 0.15) is 0 Å². The summed E-state index contributed by atoms with van der Waals surface area (Å²) in [5.41, 5.74) is 7.85. The summed E-state index contributed by atoms with van der Waals surface area (Å²) in [7, 11) is 0. The lowest BCUT2D eigenvalue weighted by Crippen LogP contribution is -2.25. The molecule has 0 unspecified atom stereocenters. The summed E-state index contributed by atoms with van der Waals surface area (Å²) < 4.78 is 0. The molecule has 2 heteroatoms. The van der Waals surface area contributed by atoms with Crippen LogP contribution in [-0.2, 0) is 5.41 Å². The normalized spacial score (nSPS) is 14.3. The Kier molecular flexibility index (Phi) is 8.23. The molecule has 0 fully saturated rings. The van der Waals surface area contributed by atoms with Crippen LogP contribution in [0.25, 0.3) is 11.1 Å². The van der Waals surface area contributed by atoms with Crippen LogP contribution in [-0.4, -0.2) is 10.7 Å². The highest BCUT2D eigenvalue weighted by Crippen LogP contribution is 2.54. The Balaban J connectivity index is 2.03. The number of benzene rings is 2. The highest BCUT2D eigenvalue weighted by molar-refractivity contribution is 9.09. The second-order valence-corrected chi connectivity index (χ2v) is 10.2. The van der Waals surface area contributed by atoms with Crippen LogP contribution < -0.4 is 0 Å². The van der Waals surface area contributed by atoms with Crippen LogP contribution in [0.1, 0.15) is 87.8 Å². The minimum Gasteiger partial charge on any atom is -0.0928 e. The lowest BCUT2D eigenvalue weighted by molar-refractivity contribution is 0.405. The van der Waals surface area contributed by atoms with Crippen LogP contribution in [0.5, 0.6) is 0 Å². The molecule has 0 spiro atoms. The first-order valence-electron chi connectivity index (χ1n) is 11.0. The average molecular weight is 506 g/mol. The van der Waals surface area contributed by atoms with Gasteiger partial charge in [0, 0.05) is 16.1 Å². The van der Waals surface area contributed by atoms with E-state index in [2.05, 4.69) is 88.2 Å². The Hall–Kier alpha value is -0.600. The van der Waals surface area contributed by atoms with Crippen LogP contribution in [0.4, 0.5) is 0 Å². The van der Waals surface area contributed by atoms with E-state index in [9.17, 15) is 0 Å². The summed E-state index contributed by atoms with van der Waals surface area (Å²) in [6.07, 6.45) is 10.4. The number of hydrogen-bond acceptors (Lipinski definition) is 0. The van der Waals surface area contributed by atoms with Gasteiger partial charge in [0.15, 0.2) is 0 Å². The van der Waals surface area contributed by atoms with E-state index in [0.717, 1.165) is 10.7 Å². The zero-order chi connectivity index (χ0) is 20.0. The summed E-state index contributed by atoms with van der Waals surface area (Å²) >= 11 is 7.22. The smallest absolute Gasteiger partial charge is 0.0215 e. The summed E-state index contributed by atoms with van der Waals surface area (Å²) in [4.78, 5) is 0. The first-order chi connectivity index (χ1) is 13.6. The Labute approximate surface area is 188 Å². The van der Waals surface area contributed by atoms with Crippen molar-refractivity contribution in [2.75, 3.05) is 10.7 Å². The topological polar surface area (TPSA) is 0 Å². The lowest BCUT2D eigenvalue weighted by Gasteiger charge is -2.33. The van der Waals surface area contributed by atoms with E-state index in [1.54, 1.807) is 11.1 Å². The molecule has 2 aromatic rings. The van der Waals surface area contributed by atoms with Crippen LogP contribution in [0.3, 0.4) is 0 Å². The molecule has 0 saturated heterocycles. The van der Waals surface area contributed by atoms with Crippen LogP contribution >= 0.6 is 31.9 Å². The predicted molar refractivity (Wildman–Crippen MR) is 131 cm³/mol. The Morgan fingerprint density at radius 1 is 0.714 bits per heavy atom. The molecule has 0 N–H and O–H groups in total. The minimum atomic E-state index is 0.204. The standard InChI is InChI=1S/C26H34Br2/c1-20(2)21-13-14-23-22-11-5-6-12-24(22)26(25(23)19-21,15-7-3-9-17-27)16-8-4-10-18-28/h5-6,11-14,19-20H,3-4,7-10,15-18H2,1-2H3. The van der Waals surface area contributed by atoms with Crippen molar-refractivity contribution in [1.29, 1.82) is 0 Å². The molecule has 0 bridgehead atoms. The Morgan fingerprint density at radius 3 is 1.93 bits per heavy atom. The molecule has 0 radical (unpaired) electrons. The average Bonchev–Trinajstić information content (AvgIpc) is 2.99. The molecule has 3 rings (SSSR count). The maximum Gasteiger partial charge on any atom is 0.0215 e.